The maximum atomic E-state index is 13.2. The molecule has 1 aliphatic heterocycles. The second-order valence-corrected chi connectivity index (χ2v) is 8.09. The van der Waals surface area contributed by atoms with Crippen molar-refractivity contribution in [2.75, 3.05) is 20.1 Å². The monoisotopic (exact) mass is 452 g/mol. The summed E-state index contributed by atoms with van der Waals surface area (Å²) in [7, 11) is 1.72. The predicted octanol–water partition coefficient (Wildman–Crippen LogP) is 3.78. The van der Waals surface area contributed by atoms with Crippen molar-refractivity contribution in [1.82, 2.24) is 14.8 Å². The number of nitrogens with zero attached hydrogens (tertiary/aromatic N) is 4. The van der Waals surface area contributed by atoms with Gasteiger partial charge in [0.05, 0.1) is 30.1 Å². The summed E-state index contributed by atoms with van der Waals surface area (Å²) in [6.45, 7) is 3.10. The van der Waals surface area contributed by atoms with Crippen LogP contribution in [0.5, 0.6) is 0 Å². The van der Waals surface area contributed by atoms with Crippen molar-refractivity contribution in [3.63, 3.8) is 0 Å². The van der Waals surface area contributed by atoms with Gasteiger partial charge in [-0.05, 0) is 50.1 Å². The maximum absolute atomic E-state index is 13.2. The minimum Gasteiger partial charge on any atom is -0.467 e. The summed E-state index contributed by atoms with van der Waals surface area (Å²) >= 11 is 0. The molecule has 3 aromatic heterocycles. The summed E-state index contributed by atoms with van der Waals surface area (Å²) < 4.78 is 10.4. The Labute approximate surface area is 189 Å². The number of likely N-dealkylation sites (tertiary alicyclic amines) is 1. The number of hydrogen-bond donors (Lipinski definition) is 0. The third-order valence-electron chi connectivity index (χ3n) is 5.77. The van der Waals surface area contributed by atoms with Crippen molar-refractivity contribution < 1.29 is 23.3 Å². The highest BCUT2D eigenvalue weighted by Gasteiger charge is 2.30. The van der Waals surface area contributed by atoms with Crippen molar-refractivity contribution in [1.29, 1.82) is 0 Å². The molecule has 0 aromatic carbocycles. The fourth-order valence-electron chi connectivity index (χ4n) is 4.04. The van der Waals surface area contributed by atoms with Crippen molar-refractivity contribution >= 4 is 17.7 Å². The number of nitro groups is 1. The second-order valence-electron chi connectivity index (χ2n) is 8.09. The van der Waals surface area contributed by atoms with Crippen molar-refractivity contribution in [3.05, 3.63) is 81.2 Å². The minimum absolute atomic E-state index is 0.0100. The number of amides is 2. The van der Waals surface area contributed by atoms with Crippen LogP contribution in [-0.2, 0) is 6.54 Å². The molecule has 2 amide bonds. The number of furan rings is 2. The number of carbonyl (C=O) groups is 2. The molecule has 10 heteroatoms. The van der Waals surface area contributed by atoms with Crippen LogP contribution in [0.2, 0.25) is 0 Å². The molecule has 33 heavy (non-hydrogen) atoms. The van der Waals surface area contributed by atoms with E-state index in [0.29, 0.717) is 43.8 Å². The van der Waals surface area contributed by atoms with Gasteiger partial charge < -0.3 is 18.6 Å². The third-order valence-corrected chi connectivity index (χ3v) is 5.77. The van der Waals surface area contributed by atoms with E-state index >= 15 is 0 Å². The minimum atomic E-state index is -0.673. The molecule has 4 rings (SSSR count). The molecule has 1 aliphatic rings. The molecule has 3 aromatic rings. The Hall–Kier alpha value is -3.95. The van der Waals surface area contributed by atoms with Gasteiger partial charge in [0, 0.05) is 31.7 Å². The van der Waals surface area contributed by atoms with Gasteiger partial charge in [0.15, 0.2) is 5.76 Å². The van der Waals surface area contributed by atoms with Crippen LogP contribution in [0.1, 0.15) is 56.8 Å². The molecule has 0 saturated carbocycles. The number of aromatic nitrogens is 1. The Kier molecular flexibility index (Phi) is 6.25. The molecular formula is C23H24N4O6. The Bertz CT molecular complexity index is 1160. The lowest BCUT2D eigenvalue weighted by Crippen LogP contribution is -2.38. The standard InChI is InChI=1S/C23H24N4O6/c1-15-5-6-18(22(28)25(2)14-17-4-3-13-32-17)21(24-15)16-9-11-26(12-10-16)23(29)19-7-8-20(33-19)27(30)31/h3-8,13,16H,9-12,14H2,1-2H3. The van der Waals surface area contributed by atoms with E-state index in [-0.39, 0.29) is 23.5 Å². The van der Waals surface area contributed by atoms with Gasteiger partial charge in [-0.15, -0.1) is 0 Å². The van der Waals surface area contributed by atoms with Gasteiger partial charge in [-0.25, -0.2) is 0 Å². The van der Waals surface area contributed by atoms with E-state index in [4.69, 9.17) is 8.83 Å². The van der Waals surface area contributed by atoms with Gasteiger partial charge in [0.25, 0.3) is 11.8 Å². The normalized spacial score (nSPS) is 14.3. The first-order valence-corrected chi connectivity index (χ1v) is 10.6. The number of rotatable bonds is 6. The van der Waals surface area contributed by atoms with E-state index in [1.54, 1.807) is 35.2 Å². The summed E-state index contributed by atoms with van der Waals surface area (Å²) in [5.41, 5.74) is 2.09. The fraction of sp³-hybridized carbons (Fsp3) is 0.348. The molecule has 0 atom stereocenters. The summed E-state index contributed by atoms with van der Waals surface area (Å²) in [6.07, 6.45) is 2.81. The highest BCUT2D eigenvalue weighted by Crippen LogP contribution is 2.31. The van der Waals surface area contributed by atoms with Gasteiger partial charge in [-0.2, -0.15) is 0 Å². The maximum Gasteiger partial charge on any atom is 0.433 e. The molecule has 4 heterocycles. The lowest BCUT2D eigenvalue weighted by atomic mass is 9.89. The highest BCUT2D eigenvalue weighted by molar-refractivity contribution is 5.95. The van der Waals surface area contributed by atoms with E-state index < -0.39 is 10.8 Å². The second kappa shape index (κ2) is 9.27. The Morgan fingerprint density at radius 2 is 1.97 bits per heavy atom. The van der Waals surface area contributed by atoms with E-state index in [1.807, 2.05) is 19.1 Å². The fourth-order valence-corrected chi connectivity index (χ4v) is 4.04. The van der Waals surface area contributed by atoms with Gasteiger partial charge in [-0.3, -0.25) is 24.7 Å². The van der Waals surface area contributed by atoms with E-state index in [0.717, 1.165) is 11.4 Å². The molecular weight excluding hydrogens is 428 g/mol. The van der Waals surface area contributed by atoms with Crippen molar-refractivity contribution in [2.24, 2.45) is 0 Å². The number of hydrogen-bond acceptors (Lipinski definition) is 7. The quantitative estimate of drug-likeness (QED) is 0.412. The Balaban J connectivity index is 1.46. The van der Waals surface area contributed by atoms with Crippen molar-refractivity contribution in [3.8, 4) is 0 Å². The number of carbonyl (C=O) groups excluding carboxylic acids is 2. The zero-order chi connectivity index (χ0) is 23.5. The average molecular weight is 452 g/mol. The zero-order valence-corrected chi connectivity index (χ0v) is 18.4. The summed E-state index contributed by atoms with van der Waals surface area (Å²) in [6, 6.07) is 9.72. The summed E-state index contributed by atoms with van der Waals surface area (Å²) in [5, 5.41) is 10.8. The average Bonchev–Trinajstić information content (AvgIpc) is 3.51. The zero-order valence-electron chi connectivity index (χ0n) is 18.4. The largest absolute Gasteiger partial charge is 0.467 e. The van der Waals surface area contributed by atoms with Crippen LogP contribution < -0.4 is 0 Å². The lowest BCUT2D eigenvalue weighted by molar-refractivity contribution is -0.402. The molecule has 0 N–H and O–H groups in total. The van der Waals surface area contributed by atoms with Crippen LogP contribution in [0, 0.1) is 17.0 Å². The molecule has 0 bridgehead atoms. The molecule has 0 radical (unpaired) electrons. The SMILES string of the molecule is Cc1ccc(C(=O)N(C)Cc2ccco2)c(C2CCN(C(=O)c3ccc([N+](=O)[O-])o3)CC2)n1. The number of aryl methyl sites for hydroxylation is 1. The van der Waals surface area contributed by atoms with Crippen LogP contribution in [0.4, 0.5) is 5.88 Å². The van der Waals surface area contributed by atoms with Gasteiger partial charge in [-0.1, -0.05) is 0 Å². The molecule has 0 spiro atoms. The number of pyridine rings is 1. The van der Waals surface area contributed by atoms with E-state index in [2.05, 4.69) is 4.98 Å². The van der Waals surface area contributed by atoms with Gasteiger partial charge in [0.2, 0.25) is 0 Å². The summed E-state index contributed by atoms with van der Waals surface area (Å²) in [5.74, 6) is -0.333. The van der Waals surface area contributed by atoms with Crippen LogP contribution in [0.3, 0.4) is 0 Å². The molecule has 0 unspecified atom stereocenters. The van der Waals surface area contributed by atoms with Crippen LogP contribution >= 0.6 is 0 Å². The molecule has 1 saturated heterocycles. The van der Waals surface area contributed by atoms with Crippen LogP contribution in [-0.4, -0.2) is 51.7 Å². The van der Waals surface area contributed by atoms with Crippen molar-refractivity contribution in [2.45, 2.75) is 32.2 Å². The first-order chi connectivity index (χ1) is 15.8. The lowest BCUT2D eigenvalue weighted by Gasteiger charge is -2.32. The van der Waals surface area contributed by atoms with Crippen LogP contribution in [0.25, 0.3) is 0 Å². The molecule has 0 aliphatic carbocycles. The highest BCUT2D eigenvalue weighted by atomic mass is 16.6. The predicted molar refractivity (Wildman–Crippen MR) is 117 cm³/mol. The molecule has 172 valence electrons. The Morgan fingerprint density at radius 3 is 2.61 bits per heavy atom. The first kappa shape index (κ1) is 22.3. The number of piperidine rings is 1. The topological polar surface area (TPSA) is 123 Å². The van der Waals surface area contributed by atoms with Gasteiger partial charge >= 0.3 is 5.88 Å². The van der Waals surface area contributed by atoms with Crippen LogP contribution in [0.15, 0.2) is 51.5 Å². The van der Waals surface area contributed by atoms with Gasteiger partial charge in [0.1, 0.15) is 10.7 Å². The van der Waals surface area contributed by atoms with E-state index in [1.165, 1.54) is 12.1 Å². The Morgan fingerprint density at radius 1 is 1.21 bits per heavy atom. The molecule has 10 nitrogen and oxygen atoms in total. The van der Waals surface area contributed by atoms with E-state index in [9.17, 15) is 19.7 Å². The smallest absolute Gasteiger partial charge is 0.433 e. The third kappa shape index (κ3) is 4.79. The first-order valence-electron chi connectivity index (χ1n) is 10.6. The molecule has 1 fully saturated rings. The summed E-state index contributed by atoms with van der Waals surface area (Å²) in [4.78, 5) is 43.9.